The lowest BCUT2D eigenvalue weighted by atomic mass is 10.2. The van der Waals surface area contributed by atoms with Crippen molar-refractivity contribution in [1.82, 2.24) is 14.9 Å². The molecular weight excluding hydrogens is 376 g/mol. The van der Waals surface area contributed by atoms with Crippen LogP contribution in [0, 0.1) is 0 Å². The molecule has 1 heterocycles. The number of carbonyl (C=O) groups excluding carboxylic acids is 1. The first-order valence-electron chi connectivity index (χ1n) is 8.31. The number of aryl methyl sites for hydroxylation is 1. The van der Waals surface area contributed by atoms with Crippen LogP contribution in [0.3, 0.4) is 0 Å². The summed E-state index contributed by atoms with van der Waals surface area (Å²) >= 11 is 5.99. The van der Waals surface area contributed by atoms with Gasteiger partial charge in [-0.05, 0) is 31.0 Å². The fourth-order valence-electron chi connectivity index (χ4n) is 2.68. The summed E-state index contributed by atoms with van der Waals surface area (Å²) in [5.41, 5.74) is 0.375. The van der Waals surface area contributed by atoms with Crippen LogP contribution in [0.1, 0.15) is 19.8 Å². The highest BCUT2D eigenvalue weighted by molar-refractivity contribution is 7.92. The van der Waals surface area contributed by atoms with Gasteiger partial charge in [0.2, 0.25) is 15.9 Å². The number of carbonyl (C=O) groups is 1. The van der Waals surface area contributed by atoms with Gasteiger partial charge in [0.05, 0.1) is 18.3 Å². The van der Waals surface area contributed by atoms with Crippen LogP contribution < -0.4 is 9.62 Å². The molecule has 26 heavy (non-hydrogen) atoms. The van der Waals surface area contributed by atoms with Gasteiger partial charge in [0.1, 0.15) is 6.04 Å². The van der Waals surface area contributed by atoms with Gasteiger partial charge in [0.25, 0.3) is 0 Å². The Labute approximate surface area is 159 Å². The topological polar surface area (TPSA) is 84.3 Å². The van der Waals surface area contributed by atoms with E-state index in [4.69, 9.17) is 11.6 Å². The quantitative estimate of drug-likeness (QED) is 0.657. The number of aromatic nitrogens is 2. The first kappa shape index (κ1) is 20.3. The van der Waals surface area contributed by atoms with Crippen molar-refractivity contribution in [3.8, 4) is 0 Å². The zero-order valence-corrected chi connectivity index (χ0v) is 16.4. The van der Waals surface area contributed by atoms with Crippen molar-refractivity contribution in [2.45, 2.75) is 32.4 Å². The minimum atomic E-state index is -3.66. The van der Waals surface area contributed by atoms with Crippen LogP contribution >= 0.6 is 11.6 Å². The van der Waals surface area contributed by atoms with E-state index in [1.807, 2.05) is 10.8 Å². The number of hydrogen-bond acceptors (Lipinski definition) is 4. The molecule has 2 rings (SSSR count). The SMILES string of the molecule is CC[C@@H](C(=O)NCCCn1ccnc1)N(c1cccc(Cl)c1)S(C)(=O)=O. The molecule has 0 saturated carbocycles. The Morgan fingerprint density at radius 3 is 2.77 bits per heavy atom. The third kappa shape index (κ3) is 5.47. The van der Waals surface area contributed by atoms with Gasteiger partial charge in [-0.15, -0.1) is 0 Å². The molecule has 1 amide bonds. The number of amides is 1. The zero-order valence-electron chi connectivity index (χ0n) is 14.8. The standard InChI is InChI=1S/C17H23ClN4O3S/c1-3-16(17(23)20-8-5-10-21-11-9-19-13-21)22(26(2,24)25)15-7-4-6-14(18)12-15/h4,6-7,9,11-13,16H,3,5,8,10H2,1-2H3,(H,20,23)/t16-/m0/s1. The number of imidazole rings is 1. The van der Waals surface area contributed by atoms with E-state index in [0.717, 1.165) is 17.1 Å². The van der Waals surface area contributed by atoms with Gasteiger partial charge < -0.3 is 9.88 Å². The number of nitrogens with zero attached hydrogens (tertiary/aromatic N) is 3. The largest absolute Gasteiger partial charge is 0.354 e. The van der Waals surface area contributed by atoms with E-state index in [-0.39, 0.29) is 5.91 Å². The second-order valence-electron chi connectivity index (χ2n) is 5.91. The molecule has 0 spiro atoms. The Kier molecular flexibility index (Phi) is 7.05. The molecule has 9 heteroatoms. The predicted octanol–water partition coefficient (Wildman–Crippen LogP) is 2.29. The first-order chi connectivity index (χ1) is 12.3. The number of sulfonamides is 1. The van der Waals surface area contributed by atoms with E-state index >= 15 is 0 Å². The van der Waals surface area contributed by atoms with Crippen molar-refractivity contribution >= 4 is 33.2 Å². The molecule has 0 aliphatic rings. The number of halogens is 1. The fraction of sp³-hybridized carbons (Fsp3) is 0.412. The van der Waals surface area contributed by atoms with Crippen LogP contribution in [-0.4, -0.2) is 42.7 Å². The summed E-state index contributed by atoms with van der Waals surface area (Å²) in [6, 6.07) is 5.64. The van der Waals surface area contributed by atoms with Crippen LogP contribution in [-0.2, 0) is 21.4 Å². The lowest BCUT2D eigenvalue weighted by Gasteiger charge is -2.30. The number of anilines is 1. The summed E-state index contributed by atoms with van der Waals surface area (Å²) in [6.07, 6.45) is 7.40. The van der Waals surface area contributed by atoms with Crippen molar-refractivity contribution in [3.05, 3.63) is 48.0 Å². The summed E-state index contributed by atoms with van der Waals surface area (Å²) in [4.78, 5) is 16.6. The maximum atomic E-state index is 12.6. The Morgan fingerprint density at radius 2 is 2.19 bits per heavy atom. The van der Waals surface area contributed by atoms with Crippen LogP contribution in [0.2, 0.25) is 5.02 Å². The van der Waals surface area contributed by atoms with Gasteiger partial charge in [0, 0.05) is 30.5 Å². The molecule has 142 valence electrons. The third-order valence-corrected chi connectivity index (χ3v) is 5.26. The van der Waals surface area contributed by atoms with E-state index in [0.29, 0.717) is 30.1 Å². The lowest BCUT2D eigenvalue weighted by molar-refractivity contribution is -0.122. The number of hydrogen-bond donors (Lipinski definition) is 1. The summed E-state index contributed by atoms with van der Waals surface area (Å²) in [6.45, 7) is 2.94. The molecule has 0 radical (unpaired) electrons. The molecule has 1 atom stereocenters. The smallest absolute Gasteiger partial charge is 0.243 e. The van der Waals surface area contributed by atoms with Gasteiger partial charge in [-0.1, -0.05) is 24.6 Å². The minimum Gasteiger partial charge on any atom is -0.354 e. The van der Waals surface area contributed by atoms with Crippen LogP contribution in [0.15, 0.2) is 43.0 Å². The Bertz CT molecular complexity index is 824. The minimum absolute atomic E-state index is 0.330. The van der Waals surface area contributed by atoms with E-state index in [1.54, 1.807) is 37.6 Å². The van der Waals surface area contributed by atoms with Crippen molar-refractivity contribution in [2.75, 3.05) is 17.1 Å². The maximum absolute atomic E-state index is 12.6. The molecule has 1 aromatic heterocycles. The number of benzene rings is 1. The lowest BCUT2D eigenvalue weighted by Crippen LogP contribution is -2.49. The molecule has 0 aliphatic carbocycles. The highest BCUT2D eigenvalue weighted by atomic mass is 35.5. The molecule has 0 saturated heterocycles. The Hall–Kier alpha value is -2.06. The van der Waals surface area contributed by atoms with Crippen molar-refractivity contribution in [2.24, 2.45) is 0 Å². The highest BCUT2D eigenvalue weighted by Gasteiger charge is 2.31. The van der Waals surface area contributed by atoms with Crippen molar-refractivity contribution < 1.29 is 13.2 Å². The number of nitrogens with one attached hydrogen (secondary N) is 1. The molecule has 0 fully saturated rings. The van der Waals surface area contributed by atoms with E-state index in [1.165, 1.54) is 6.07 Å². The normalized spacial score (nSPS) is 12.6. The Balaban J connectivity index is 2.07. The summed E-state index contributed by atoms with van der Waals surface area (Å²) in [5, 5.41) is 3.23. The summed E-state index contributed by atoms with van der Waals surface area (Å²) < 4.78 is 27.7. The average Bonchev–Trinajstić information content (AvgIpc) is 3.08. The Morgan fingerprint density at radius 1 is 1.42 bits per heavy atom. The maximum Gasteiger partial charge on any atom is 0.243 e. The first-order valence-corrected chi connectivity index (χ1v) is 10.5. The molecule has 0 aliphatic heterocycles. The number of rotatable bonds is 9. The van der Waals surface area contributed by atoms with Crippen LogP contribution in [0.5, 0.6) is 0 Å². The van der Waals surface area contributed by atoms with Crippen molar-refractivity contribution in [1.29, 1.82) is 0 Å². The second-order valence-corrected chi connectivity index (χ2v) is 8.20. The molecule has 0 unspecified atom stereocenters. The second kappa shape index (κ2) is 9.05. The average molecular weight is 399 g/mol. The van der Waals surface area contributed by atoms with Gasteiger partial charge in [-0.25, -0.2) is 13.4 Å². The van der Waals surface area contributed by atoms with E-state index in [2.05, 4.69) is 10.3 Å². The van der Waals surface area contributed by atoms with Gasteiger partial charge in [-0.2, -0.15) is 0 Å². The van der Waals surface area contributed by atoms with Gasteiger partial charge in [-0.3, -0.25) is 9.10 Å². The molecule has 7 nitrogen and oxygen atoms in total. The summed E-state index contributed by atoms with van der Waals surface area (Å²) in [7, 11) is -3.66. The molecule has 1 aromatic carbocycles. The van der Waals surface area contributed by atoms with Gasteiger partial charge in [0.15, 0.2) is 0 Å². The molecule has 2 aromatic rings. The predicted molar refractivity (Wildman–Crippen MR) is 103 cm³/mol. The monoisotopic (exact) mass is 398 g/mol. The van der Waals surface area contributed by atoms with Crippen LogP contribution in [0.4, 0.5) is 5.69 Å². The molecular formula is C17H23ClN4O3S. The van der Waals surface area contributed by atoms with E-state index < -0.39 is 16.1 Å². The molecule has 0 bridgehead atoms. The van der Waals surface area contributed by atoms with E-state index in [9.17, 15) is 13.2 Å². The third-order valence-electron chi connectivity index (χ3n) is 3.84. The molecule has 1 N–H and O–H groups in total. The summed E-state index contributed by atoms with van der Waals surface area (Å²) in [5.74, 6) is -0.330. The zero-order chi connectivity index (χ0) is 19.2. The van der Waals surface area contributed by atoms with Gasteiger partial charge >= 0.3 is 0 Å². The fourth-order valence-corrected chi connectivity index (χ4v) is 4.07. The van der Waals surface area contributed by atoms with Crippen molar-refractivity contribution in [3.63, 3.8) is 0 Å². The highest BCUT2D eigenvalue weighted by Crippen LogP contribution is 2.25. The van der Waals surface area contributed by atoms with Crippen LogP contribution in [0.25, 0.3) is 0 Å².